The van der Waals surface area contributed by atoms with E-state index in [1.807, 2.05) is 36.2 Å². The van der Waals surface area contributed by atoms with Gasteiger partial charge >= 0.3 is 0 Å². The van der Waals surface area contributed by atoms with Crippen LogP contribution >= 0.6 is 15.9 Å². The smallest absolute Gasteiger partial charge is 0.0696 e. The van der Waals surface area contributed by atoms with Gasteiger partial charge in [0.2, 0.25) is 0 Å². The van der Waals surface area contributed by atoms with E-state index in [2.05, 4.69) is 22.5 Å². The Hall–Kier alpha value is -0.960. The highest BCUT2D eigenvalue weighted by atomic mass is 79.9. The van der Waals surface area contributed by atoms with E-state index in [-0.39, 0.29) is 0 Å². The lowest BCUT2D eigenvalue weighted by Gasteiger charge is -2.19. The number of nitrogen functional groups attached to an aromatic ring is 1. The molecule has 0 spiro atoms. The summed E-state index contributed by atoms with van der Waals surface area (Å²) in [5, 5.41) is 0. The summed E-state index contributed by atoms with van der Waals surface area (Å²) < 4.78 is 0.931. The van der Waals surface area contributed by atoms with Crippen LogP contribution in [0.2, 0.25) is 0 Å². The van der Waals surface area contributed by atoms with Gasteiger partial charge in [-0.3, -0.25) is 0 Å². The Kier molecular flexibility index (Phi) is 3.37. The molecule has 3 heteroatoms. The zero-order chi connectivity index (χ0) is 9.84. The SMILES string of the molecule is C=CCN(C)c1cccc(Br)c1N. The van der Waals surface area contributed by atoms with Gasteiger partial charge in [0.05, 0.1) is 11.4 Å². The van der Waals surface area contributed by atoms with Crippen molar-refractivity contribution in [1.29, 1.82) is 0 Å². The Bertz CT molecular complexity index is 310. The summed E-state index contributed by atoms with van der Waals surface area (Å²) in [6.45, 7) is 4.48. The van der Waals surface area contributed by atoms with Crippen molar-refractivity contribution in [2.45, 2.75) is 0 Å². The molecule has 0 amide bonds. The molecule has 0 saturated heterocycles. The van der Waals surface area contributed by atoms with Gasteiger partial charge in [0.15, 0.2) is 0 Å². The van der Waals surface area contributed by atoms with Crippen molar-refractivity contribution in [3.63, 3.8) is 0 Å². The maximum Gasteiger partial charge on any atom is 0.0696 e. The highest BCUT2D eigenvalue weighted by Gasteiger charge is 2.05. The van der Waals surface area contributed by atoms with E-state index in [4.69, 9.17) is 5.73 Å². The maximum atomic E-state index is 5.89. The predicted octanol–water partition coefficient (Wildman–Crippen LogP) is 2.65. The minimum Gasteiger partial charge on any atom is -0.396 e. The van der Waals surface area contributed by atoms with Crippen LogP contribution in [-0.2, 0) is 0 Å². The molecule has 1 aromatic rings. The molecule has 2 nitrogen and oxygen atoms in total. The molecule has 0 aliphatic rings. The summed E-state index contributed by atoms with van der Waals surface area (Å²) in [6.07, 6.45) is 1.85. The third kappa shape index (κ3) is 2.25. The number of nitrogens with zero attached hydrogens (tertiary/aromatic N) is 1. The van der Waals surface area contributed by atoms with Gasteiger partial charge in [-0.15, -0.1) is 6.58 Å². The Morgan fingerprint density at radius 3 is 2.92 bits per heavy atom. The van der Waals surface area contributed by atoms with E-state index < -0.39 is 0 Å². The first-order valence-corrected chi connectivity index (χ1v) is 4.82. The summed E-state index contributed by atoms with van der Waals surface area (Å²) >= 11 is 3.39. The Morgan fingerprint density at radius 1 is 1.62 bits per heavy atom. The van der Waals surface area contributed by atoms with E-state index >= 15 is 0 Å². The molecule has 0 aromatic heterocycles. The molecule has 0 saturated carbocycles. The Balaban J connectivity index is 3.00. The van der Waals surface area contributed by atoms with Crippen molar-refractivity contribution in [3.8, 4) is 0 Å². The van der Waals surface area contributed by atoms with Gasteiger partial charge in [0.25, 0.3) is 0 Å². The van der Waals surface area contributed by atoms with Crippen molar-refractivity contribution in [3.05, 3.63) is 35.3 Å². The van der Waals surface area contributed by atoms with Crippen LogP contribution in [0.25, 0.3) is 0 Å². The van der Waals surface area contributed by atoms with Crippen LogP contribution in [0.5, 0.6) is 0 Å². The fraction of sp³-hybridized carbons (Fsp3) is 0.200. The van der Waals surface area contributed by atoms with Crippen LogP contribution in [0.1, 0.15) is 0 Å². The largest absolute Gasteiger partial charge is 0.396 e. The van der Waals surface area contributed by atoms with Gasteiger partial charge in [-0.05, 0) is 28.1 Å². The van der Waals surface area contributed by atoms with Gasteiger partial charge in [0, 0.05) is 18.1 Å². The van der Waals surface area contributed by atoms with Crippen LogP contribution in [-0.4, -0.2) is 13.6 Å². The van der Waals surface area contributed by atoms with Crippen molar-refractivity contribution in [2.75, 3.05) is 24.2 Å². The molecule has 0 radical (unpaired) electrons. The quantitative estimate of drug-likeness (QED) is 0.651. The molecule has 0 aliphatic heterocycles. The van der Waals surface area contributed by atoms with Crippen LogP contribution in [0.3, 0.4) is 0 Å². The second kappa shape index (κ2) is 4.33. The van der Waals surface area contributed by atoms with Gasteiger partial charge in [-0.2, -0.15) is 0 Å². The predicted molar refractivity (Wildman–Crippen MR) is 62.0 cm³/mol. The number of hydrogen-bond donors (Lipinski definition) is 1. The molecule has 0 aliphatic carbocycles. The highest BCUT2D eigenvalue weighted by molar-refractivity contribution is 9.10. The zero-order valence-corrected chi connectivity index (χ0v) is 9.21. The number of rotatable bonds is 3. The average molecular weight is 241 g/mol. The molecule has 0 bridgehead atoms. The lowest BCUT2D eigenvalue weighted by molar-refractivity contribution is 1.03. The molecule has 2 N–H and O–H groups in total. The summed E-state index contributed by atoms with van der Waals surface area (Å²) in [5.41, 5.74) is 7.68. The fourth-order valence-electron chi connectivity index (χ4n) is 1.15. The van der Waals surface area contributed by atoms with Gasteiger partial charge in [0.1, 0.15) is 0 Å². The van der Waals surface area contributed by atoms with Crippen LogP contribution in [0.4, 0.5) is 11.4 Å². The first kappa shape index (κ1) is 10.1. The lowest BCUT2D eigenvalue weighted by Crippen LogP contribution is -2.18. The van der Waals surface area contributed by atoms with Crippen molar-refractivity contribution in [1.82, 2.24) is 0 Å². The number of halogens is 1. The molecule has 13 heavy (non-hydrogen) atoms. The highest BCUT2D eigenvalue weighted by Crippen LogP contribution is 2.29. The summed E-state index contributed by atoms with van der Waals surface area (Å²) in [6, 6.07) is 5.89. The van der Waals surface area contributed by atoms with Gasteiger partial charge < -0.3 is 10.6 Å². The topological polar surface area (TPSA) is 29.3 Å². The number of likely N-dealkylation sites (N-methyl/N-ethyl adjacent to an activating group) is 1. The normalized spacial score (nSPS) is 9.69. The molecule has 70 valence electrons. The number of benzene rings is 1. The maximum absolute atomic E-state index is 5.89. The number of nitrogens with two attached hydrogens (primary N) is 1. The van der Waals surface area contributed by atoms with Gasteiger partial charge in [-0.25, -0.2) is 0 Å². The average Bonchev–Trinajstić information content (AvgIpc) is 2.10. The fourth-order valence-corrected chi connectivity index (χ4v) is 1.51. The molecule has 0 unspecified atom stereocenters. The molecule has 0 fully saturated rings. The van der Waals surface area contributed by atoms with E-state index in [1.165, 1.54) is 0 Å². The second-order valence-electron chi connectivity index (χ2n) is 2.84. The lowest BCUT2D eigenvalue weighted by atomic mass is 10.2. The van der Waals surface area contributed by atoms with Gasteiger partial charge in [-0.1, -0.05) is 12.1 Å². The summed E-state index contributed by atoms with van der Waals surface area (Å²) in [4.78, 5) is 2.05. The van der Waals surface area contributed by atoms with Crippen molar-refractivity contribution in [2.24, 2.45) is 0 Å². The number of hydrogen-bond acceptors (Lipinski definition) is 2. The monoisotopic (exact) mass is 240 g/mol. The number of para-hydroxylation sites is 1. The Morgan fingerprint density at radius 2 is 2.31 bits per heavy atom. The minimum absolute atomic E-state index is 0.770. The van der Waals surface area contributed by atoms with E-state index in [9.17, 15) is 0 Å². The van der Waals surface area contributed by atoms with Crippen molar-refractivity contribution < 1.29 is 0 Å². The molecule has 0 atom stereocenters. The van der Waals surface area contributed by atoms with Crippen LogP contribution in [0, 0.1) is 0 Å². The van der Waals surface area contributed by atoms with Crippen LogP contribution < -0.4 is 10.6 Å². The molecular weight excluding hydrogens is 228 g/mol. The van der Waals surface area contributed by atoms with E-state index in [0.29, 0.717) is 0 Å². The molecule has 1 aromatic carbocycles. The summed E-state index contributed by atoms with van der Waals surface area (Å²) in [5.74, 6) is 0. The first-order valence-electron chi connectivity index (χ1n) is 4.03. The molecule has 0 heterocycles. The number of anilines is 2. The standard InChI is InChI=1S/C10H13BrN2/c1-3-7-13(2)9-6-4-5-8(11)10(9)12/h3-6H,1,7,12H2,2H3. The second-order valence-corrected chi connectivity index (χ2v) is 3.70. The summed E-state index contributed by atoms with van der Waals surface area (Å²) in [7, 11) is 1.99. The third-order valence-corrected chi connectivity index (χ3v) is 2.54. The van der Waals surface area contributed by atoms with Crippen molar-refractivity contribution >= 4 is 27.3 Å². The molecule has 1 rings (SSSR count). The minimum atomic E-state index is 0.770. The molecular formula is C10H13BrN2. The van der Waals surface area contributed by atoms with E-state index in [1.54, 1.807) is 0 Å². The van der Waals surface area contributed by atoms with Crippen LogP contribution in [0.15, 0.2) is 35.3 Å². The van der Waals surface area contributed by atoms with E-state index in [0.717, 1.165) is 22.4 Å². The third-order valence-electron chi connectivity index (χ3n) is 1.84. The first-order chi connectivity index (χ1) is 6.16. The Labute approximate surface area is 87.2 Å². The zero-order valence-electron chi connectivity index (χ0n) is 7.63.